The Hall–Kier alpha value is -2.81. The molecule has 1 aliphatic heterocycles. The SMILES string of the molecule is Cc1cc(-c2ccn([C@H]3CN(CC(F)F)C[C@@H]3c3ccccc3C(F)(F)F)n2)ccn1. The van der Waals surface area contributed by atoms with E-state index in [2.05, 4.69) is 10.1 Å². The molecule has 164 valence electrons. The number of benzene rings is 1. The number of hydrogen-bond donors (Lipinski definition) is 0. The third-order valence-corrected chi connectivity index (χ3v) is 5.57. The number of alkyl halides is 5. The van der Waals surface area contributed by atoms with Crippen molar-refractivity contribution in [1.82, 2.24) is 19.7 Å². The summed E-state index contributed by atoms with van der Waals surface area (Å²) >= 11 is 0. The van der Waals surface area contributed by atoms with Crippen LogP contribution in [0.15, 0.2) is 54.9 Å². The molecule has 0 N–H and O–H groups in total. The van der Waals surface area contributed by atoms with E-state index in [-0.39, 0.29) is 18.7 Å². The summed E-state index contributed by atoms with van der Waals surface area (Å²) in [6.07, 6.45) is -3.73. The van der Waals surface area contributed by atoms with Gasteiger partial charge in [0.15, 0.2) is 0 Å². The van der Waals surface area contributed by atoms with Crippen molar-refractivity contribution >= 4 is 0 Å². The topological polar surface area (TPSA) is 34.0 Å². The molecule has 1 fully saturated rings. The summed E-state index contributed by atoms with van der Waals surface area (Å²) in [4.78, 5) is 5.66. The summed E-state index contributed by atoms with van der Waals surface area (Å²) in [5.41, 5.74) is 1.67. The Balaban J connectivity index is 1.71. The molecule has 1 aliphatic rings. The van der Waals surface area contributed by atoms with E-state index in [0.29, 0.717) is 5.69 Å². The van der Waals surface area contributed by atoms with Gasteiger partial charge in [0.25, 0.3) is 6.43 Å². The van der Waals surface area contributed by atoms with Crippen LogP contribution in [-0.4, -0.2) is 45.7 Å². The number of aryl methyl sites for hydroxylation is 1. The van der Waals surface area contributed by atoms with Crippen molar-refractivity contribution in [3.05, 3.63) is 71.7 Å². The van der Waals surface area contributed by atoms with E-state index in [4.69, 9.17) is 0 Å². The first kappa shape index (κ1) is 21.4. The molecule has 1 aromatic carbocycles. The zero-order chi connectivity index (χ0) is 22.2. The zero-order valence-corrected chi connectivity index (χ0v) is 16.7. The fourth-order valence-corrected chi connectivity index (χ4v) is 4.24. The molecule has 0 spiro atoms. The number of nitrogens with zero attached hydrogens (tertiary/aromatic N) is 4. The van der Waals surface area contributed by atoms with Gasteiger partial charge in [0.2, 0.25) is 0 Å². The number of likely N-dealkylation sites (tertiary alicyclic amines) is 1. The smallest absolute Gasteiger partial charge is 0.295 e. The Morgan fingerprint density at radius 2 is 1.87 bits per heavy atom. The zero-order valence-electron chi connectivity index (χ0n) is 16.7. The number of hydrogen-bond acceptors (Lipinski definition) is 3. The second-order valence-electron chi connectivity index (χ2n) is 7.74. The molecule has 2 atom stereocenters. The summed E-state index contributed by atoms with van der Waals surface area (Å²) in [6, 6.07) is 10.3. The quantitative estimate of drug-likeness (QED) is 0.517. The molecule has 3 aromatic rings. The van der Waals surface area contributed by atoms with Gasteiger partial charge in [0.1, 0.15) is 0 Å². The monoisotopic (exact) mass is 436 g/mol. The van der Waals surface area contributed by atoms with Crippen molar-refractivity contribution in [2.45, 2.75) is 31.5 Å². The predicted molar refractivity (Wildman–Crippen MR) is 106 cm³/mol. The minimum atomic E-state index is -4.53. The standard InChI is InChI=1S/C22H21F5N4/c1-14-10-15(6-8-28-14)19-7-9-31(29-19)20-12-30(13-21(23)24)11-17(20)16-4-2-3-5-18(16)22(25,26)27/h2-10,17,20-21H,11-13H2,1H3/t17-,20+/m1/s1. The van der Waals surface area contributed by atoms with Gasteiger partial charge < -0.3 is 0 Å². The first-order chi connectivity index (χ1) is 14.7. The lowest BCUT2D eigenvalue weighted by molar-refractivity contribution is -0.138. The van der Waals surface area contributed by atoms with Crippen LogP contribution >= 0.6 is 0 Å². The molecule has 1 saturated heterocycles. The highest BCUT2D eigenvalue weighted by atomic mass is 19.4. The lowest BCUT2D eigenvalue weighted by Gasteiger charge is -2.23. The number of pyridine rings is 1. The molecule has 9 heteroatoms. The summed E-state index contributed by atoms with van der Waals surface area (Å²) in [5, 5.41) is 4.58. The predicted octanol–water partition coefficient (Wildman–Crippen LogP) is 5.18. The van der Waals surface area contributed by atoms with Crippen LogP contribution in [0.2, 0.25) is 0 Å². The minimum Gasteiger partial charge on any atom is -0.295 e. The maximum absolute atomic E-state index is 13.6. The number of aromatic nitrogens is 3. The Bertz CT molecular complexity index is 1050. The molecule has 4 rings (SSSR count). The van der Waals surface area contributed by atoms with Crippen LogP contribution in [0.1, 0.15) is 28.8 Å². The number of halogens is 5. The molecule has 2 aromatic heterocycles. The highest BCUT2D eigenvalue weighted by Crippen LogP contribution is 2.42. The Labute approximate surface area is 176 Å². The van der Waals surface area contributed by atoms with Gasteiger partial charge >= 0.3 is 6.18 Å². The maximum Gasteiger partial charge on any atom is 0.416 e. The van der Waals surface area contributed by atoms with Gasteiger partial charge in [0.05, 0.1) is 23.8 Å². The first-order valence-electron chi connectivity index (χ1n) is 9.87. The van der Waals surface area contributed by atoms with E-state index in [9.17, 15) is 22.0 Å². The van der Waals surface area contributed by atoms with Crippen LogP contribution in [-0.2, 0) is 6.18 Å². The largest absolute Gasteiger partial charge is 0.416 e. The molecule has 0 saturated carbocycles. The summed E-state index contributed by atoms with van der Waals surface area (Å²) in [5.74, 6) is -0.622. The lowest BCUT2D eigenvalue weighted by Crippen LogP contribution is -2.27. The van der Waals surface area contributed by atoms with Crippen molar-refractivity contribution in [2.75, 3.05) is 19.6 Å². The van der Waals surface area contributed by atoms with E-state index in [1.165, 1.54) is 17.0 Å². The molecular formula is C22H21F5N4. The fraction of sp³-hybridized carbons (Fsp3) is 0.364. The van der Waals surface area contributed by atoms with E-state index in [0.717, 1.165) is 17.3 Å². The fourth-order valence-electron chi connectivity index (χ4n) is 4.24. The maximum atomic E-state index is 13.6. The van der Waals surface area contributed by atoms with Gasteiger partial charge in [-0.25, -0.2) is 8.78 Å². The van der Waals surface area contributed by atoms with Gasteiger partial charge in [-0.3, -0.25) is 14.6 Å². The second kappa shape index (κ2) is 8.37. The van der Waals surface area contributed by atoms with E-state index in [1.807, 2.05) is 13.0 Å². The minimum absolute atomic E-state index is 0.103. The van der Waals surface area contributed by atoms with Crippen LogP contribution < -0.4 is 0 Å². The van der Waals surface area contributed by atoms with Crippen molar-refractivity contribution in [3.63, 3.8) is 0 Å². The van der Waals surface area contributed by atoms with Crippen LogP contribution in [0.4, 0.5) is 22.0 Å². The molecule has 3 heterocycles. The van der Waals surface area contributed by atoms with Crippen LogP contribution in [0.5, 0.6) is 0 Å². The van der Waals surface area contributed by atoms with E-state index < -0.39 is 36.7 Å². The molecule has 31 heavy (non-hydrogen) atoms. The molecule has 4 nitrogen and oxygen atoms in total. The Morgan fingerprint density at radius 1 is 1.10 bits per heavy atom. The molecule has 0 unspecified atom stereocenters. The first-order valence-corrected chi connectivity index (χ1v) is 9.87. The summed E-state index contributed by atoms with van der Waals surface area (Å²) < 4.78 is 68.6. The van der Waals surface area contributed by atoms with Crippen molar-refractivity contribution in [2.24, 2.45) is 0 Å². The van der Waals surface area contributed by atoms with Crippen molar-refractivity contribution < 1.29 is 22.0 Å². The molecule has 0 radical (unpaired) electrons. The summed E-state index contributed by atoms with van der Waals surface area (Å²) in [6.45, 7) is 1.66. The third-order valence-electron chi connectivity index (χ3n) is 5.57. The third kappa shape index (κ3) is 4.61. The van der Waals surface area contributed by atoms with Crippen LogP contribution in [0.3, 0.4) is 0 Å². The van der Waals surface area contributed by atoms with Gasteiger partial charge in [0, 0.05) is 42.7 Å². The Kier molecular flexibility index (Phi) is 5.79. The highest BCUT2D eigenvalue weighted by molar-refractivity contribution is 5.58. The van der Waals surface area contributed by atoms with Crippen LogP contribution in [0.25, 0.3) is 11.3 Å². The van der Waals surface area contributed by atoms with Crippen molar-refractivity contribution in [3.8, 4) is 11.3 Å². The second-order valence-corrected chi connectivity index (χ2v) is 7.74. The van der Waals surface area contributed by atoms with Gasteiger partial charge in [-0.2, -0.15) is 18.3 Å². The van der Waals surface area contributed by atoms with E-state index >= 15 is 0 Å². The average Bonchev–Trinajstić information content (AvgIpc) is 3.34. The van der Waals surface area contributed by atoms with Gasteiger partial charge in [-0.05, 0) is 36.8 Å². The average molecular weight is 436 g/mol. The van der Waals surface area contributed by atoms with Crippen molar-refractivity contribution in [1.29, 1.82) is 0 Å². The lowest BCUT2D eigenvalue weighted by atomic mass is 9.90. The summed E-state index contributed by atoms with van der Waals surface area (Å²) in [7, 11) is 0. The Morgan fingerprint density at radius 3 is 2.58 bits per heavy atom. The van der Waals surface area contributed by atoms with Gasteiger partial charge in [-0.15, -0.1) is 0 Å². The molecular weight excluding hydrogens is 415 g/mol. The highest BCUT2D eigenvalue weighted by Gasteiger charge is 2.42. The molecule has 0 aliphatic carbocycles. The van der Waals surface area contributed by atoms with E-state index in [1.54, 1.807) is 35.3 Å². The van der Waals surface area contributed by atoms with Gasteiger partial charge in [-0.1, -0.05) is 18.2 Å². The normalized spacial score (nSPS) is 20.0. The number of rotatable bonds is 5. The molecule has 0 amide bonds. The molecule has 0 bridgehead atoms. The van der Waals surface area contributed by atoms with Crippen LogP contribution in [0, 0.1) is 6.92 Å².